The first-order valence-corrected chi connectivity index (χ1v) is 7.63. The Balaban J connectivity index is 2.73. The number of amides is 1. The summed E-state index contributed by atoms with van der Waals surface area (Å²) in [5.41, 5.74) is 5.53. The van der Waals surface area contributed by atoms with Crippen LogP contribution in [0.5, 0.6) is 0 Å². The lowest BCUT2D eigenvalue weighted by Crippen LogP contribution is -2.35. The Hall–Kier alpha value is 0.0200. The molecule has 1 rings (SSSR count). The van der Waals surface area contributed by atoms with E-state index in [4.69, 9.17) is 18.0 Å². The predicted molar refractivity (Wildman–Crippen MR) is 82.6 cm³/mol. The predicted octanol–water partition coefficient (Wildman–Crippen LogP) is 3.27. The molecular weight excluding hydrogens is 388 g/mol. The number of nitrogens with zero attached hydrogens (tertiary/aromatic N) is 1. The van der Waals surface area contributed by atoms with Crippen molar-refractivity contribution >= 4 is 66.3 Å². The molecule has 0 radical (unpaired) electrons. The Kier molecular flexibility index (Phi) is 5.56. The summed E-state index contributed by atoms with van der Waals surface area (Å²) in [5, 5.41) is 0. The number of halogens is 2. The quantitative estimate of drug-likeness (QED) is 0.790. The summed E-state index contributed by atoms with van der Waals surface area (Å²) < 4.78 is 1.80. The molecule has 94 valence electrons. The van der Waals surface area contributed by atoms with Gasteiger partial charge in [0.2, 0.25) is 0 Å². The number of nitrogens with two attached hydrogens (primary N) is 1. The molecular formula is C10H12Br2N2OS2. The molecule has 0 bridgehead atoms. The topological polar surface area (TPSA) is 46.3 Å². The lowest BCUT2D eigenvalue weighted by atomic mass is 10.1. The van der Waals surface area contributed by atoms with Crippen molar-refractivity contribution in [1.29, 1.82) is 0 Å². The second-order valence-corrected chi connectivity index (χ2v) is 7.42. The smallest absolute Gasteiger partial charge is 0.263 e. The highest BCUT2D eigenvalue weighted by Gasteiger charge is 2.18. The molecule has 1 unspecified atom stereocenters. The zero-order valence-electron chi connectivity index (χ0n) is 9.37. The van der Waals surface area contributed by atoms with E-state index in [0.717, 1.165) is 8.26 Å². The average Bonchev–Trinajstić information content (AvgIpc) is 2.57. The Bertz CT molecular complexity index is 428. The summed E-state index contributed by atoms with van der Waals surface area (Å²) >= 11 is 13.0. The first-order chi connectivity index (χ1) is 7.82. The molecule has 17 heavy (non-hydrogen) atoms. The van der Waals surface area contributed by atoms with E-state index >= 15 is 0 Å². The molecule has 0 aliphatic rings. The molecule has 0 aromatic carbocycles. The highest BCUT2D eigenvalue weighted by molar-refractivity contribution is 9.13. The van der Waals surface area contributed by atoms with Crippen LogP contribution in [0.1, 0.15) is 16.6 Å². The molecule has 1 atom stereocenters. The van der Waals surface area contributed by atoms with Crippen LogP contribution in [0.3, 0.4) is 0 Å². The van der Waals surface area contributed by atoms with Crippen LogP contribution < -0.4 is 5.73 Å². The van der Waals surface area contributed by atoms with E-state index < -0.39 is 0 Å². The molecule has 0 saturated heterocycles. The maximum absolute atomic E-state index is 12.1. The molecule has 2 N–H and O–H groups in total. The maximum Gasteiger partial charge on any atom is 0.263 e. The minimum Gasteiger partial charge on any atom is -0.393 e. The van der Waals surface area contributed by atoms with Gasteiger partial charge in [0, 0.05) is 24.0 Å². The Morgan fingerprint density at radius 2 is 2.24 bits per heavy atom. The molecule has 1 aromatic rings. The van der Waals surface area contributed by atoms with Gasteiger partial charge in [-0.25, -0.2) is 0 Å². The number of rotatable bonds is 4. The van der Waals surface area contributed by atoms with E-state index in [2.05, 4.69) is 31.9 Å². The van der Waals surface area contributed by atoms with Gasteiger partial charge in [-0.15, -0.1) is 11.3 Å². The third-order valence-electron chi connectivity index (χ3n) is 2.24. The largest absolute Gasteiger partial charge is 0.393 e. The van der Waals surface area contributed by atoms with Crippen molar-refractivity contribution in [3.63, 3.8) is 0 Å². The average molecular weight is 400 g/mol. The second kappa shape index (κ2) is 6.26. The van der Waals surface area contributed by atoms with Crippen molar-refractivity contribution in [2.75, 3.05) is 13.6 Å². The lowest BCUT2D eigenvalue weighted by Gasteiger charge is -2.20. The van der Waals surface area contributed by atoms with Crippen molar-refractivity contribution in [2.45, 2.75) is 6.92 Å². The summed E-state index contributed by atoms with van der Waals surface area (Å²) in [6.07, 6.45) is 0. The molecule has 7 heteroatoms. The van der Waals surface area contributed by atoms with Gasteiger partial charge in [-0.05, 0) is 37.9 Å². The third kappa shape index (κ3) is 4.01. The standard InChI is InChI=1S/C10H12Br2N2OS2/c1-5(9(13)16)4-14(2)10(15)7-3-6(11)8(12)17-7/h3,5H,4H2,1-2H3,(H2,13,16). The number of thiocarbonyl (C=S) groups is 1. The molecule has 3 nitrogen and oxygen atoms in total. The Labute approximate surface area is 127 Å². The highest BCUT2D eigenvalue weighted by atomic mass is 79.9. The van der Waals surface area contributed by atoms with Crippen LogP contribution in [-0.2, 0) is 0 Å². The van der Waals surface area contributed by atoms with E-state index in [9.17, 15) is 4.79 Å². The number of carbonyl (C=O) groups excluding carboxylic acids is 1. The first-order valence-electron chi connectivity index (χ1n) is 4.82. The van der Waals surface area contributed by atoms with Crippen molar-refractivity contribution < 1.29 is 4.79 Å². The van der Waals surface area contributed by atoms with Crippen molar-refractivity contribution in [1.82, 2.24) is 4.90 Å². The van der Waals surface area contributed by atoms with Gasteiger partial charge in [-0.2, -0.15) is 0 Å². The van der Waals surface area contributed by atoms with Gasteiger partial charge in [-0.1, -0.05) is 19.1 Å². The number of thiophene rings is 1. The van der Waals surface area contributed by atoms with Gasteiger partial charge in [0.1, 0.15) is 0 Å². The van der Waals surface area contributed by atoms with Gasteiger partial charge < -0.3 is 10.6 Å². The summed E-state index contributed by atoms with van der Waals surface area (Å²) in [6.45, 7) is 2.44. The number of carbonyl (C=O) groups is 1. The molecule has 0 spiro atoms. The van der Waals surface area contributed by atoms with Gasteiger partial charge >= 0.3 is 0 Å². The van der Waals surface area contributed by atoms with Crippen molar-refractivity contribution in [3.05, 3.63) is 19.2 Å². The fraction of sp³-hybridized carbons (Fsp3) is 0.400. The number of hydrogen-bond donors (Lipinski definition) is 1. The van der Waals surface area contributed by atoms with E-state index in [0.29, 0.717) is 16.4 Å². The molecule has 0 saturated carbocycles. The van der Waals surface area contributed by atoms with E-state index in [-0.39, 0.29) is 11.8 Å². The highest BCUT2D eigenvalue weighted by Crippen LogP contribution is 2.32. The third-order valence-corrected chi connectivity index (χ3v) is 5.88. The van der Waals surface area contributed by atoms with Crippen LogP contribution in [0.15, 0.2) is 14.3 Å². The monoisotopic (exact) mass is 398 g/mol. The second-order valence-electron chi connectivity index (χ2n) is 3.72. The minimum atomic E-state index is -0.0236. The summed E-state index contributed by atoms with van der Waals surface area (Å²) in [5.74, 6) is -0.00436. The van der Waals surface area contributed by atoms with Crippen molar-refractivity contribution in [2.24, 2.45) is 11.7 Å². The van der Waals surface area contributed by atoms with Crippen LogP contribution in [0.2, 0.25) is 0 Å². The van der Waals surface area contributed by atoms with Crippen LogP contribution >= 0.6 is 55.4 Å². The van der Waals surface area contributed by atoms with Crippen LogP contribution in [0.25, 0.3) is 0 Å². The summed E-state index contributed by atoms with van der Waals surface area (Å²) in [6, 6.07) is 1.80. The van der Waals surface area contributed by atoms with Crippen LogP contribution in [0, 0.1) is 5.92 Å². The molecule has 0 fully saturated rings. The van der Waals surface area contributed by atoms with Gasteiger partial charge in [-0.3, -0.25) is 4.79 Å². The fourth-order valence-electron chi connectivity index (χ4n) is 1.22. The van der Waals surface area contributed by atoms with E-state index in [1.54, 1.807) is 18.0 Å². The van der Waals surface area contributed by atoms with Crippen molar-refractivity contribution in [3.8, 4) is 0 Å². The zero-order valence-corrected chi connectivity index (χ0v) is 14.2. The molecule has 1 heterocycles. The normalized spacial score (nSPS) is 12.2. The lowest BCUT2D eigenvalue weighted by molar-refractivity contribution is 0.0791. The van der Waals surface area contributed by atoms with Gasteiger partial charge in [0.25, 0.3) is 5.91 Å². The molecule has 0 aliphatic carbocycles. The first kappa shape index (κ1) is 15.1. The molecule has 1 amide bonds. The van der Waals surface area contributed by atoms with Gasteiger partial charge in [0.05, 0.1) is 13.7 Å². The van der Waals surface area contributed by atoms with Crippen LogP contribution in [0.4, 0.5) is 0 Å². The zero-order chi connectivity index (χ0) is 13.2. The number of hydrogen-bond acceptors (Lipinski definition) is 3. The summed E-state index contributed by atoms with van der Waals surface area (Å²) in [4.78, 5) is 14.8. The maximum atomic E-state index is 12.1. The minimum absolute atomic E-state index is 0.0193. The summed E-state index contributed by atoms with van der Waals surface area (Å²) in [7, 11) is 1.75. The SMILES string of the molecule is CC(CN(C)C(=O)c1cc(Br)c(Br)s1)C(N)=S. The van der Waals surface area contributed by atoms with Crippen LogP contribution in [-0.4, -0.2) is 29.4 Å². The molecule has 0 aliphatic heterocycles. The molecule has 1 aromatic heterocycles. The fourth-order valence-corrected chi connectivity index (χ4v) is 3.33. The van der Waals surface area contributed by atoms with E-state index in [1.165, 1.54) is 11.3 Å². The Morgan fingerprint density at radius 3 is 2.65 bits per heavy atom. The van der Waals surface area contributed by atoms with E-state index in [1.807, 2.05) is 6.92 Å². The van der Waals surface area contributed by atoms with Gasteiger partial charge in [0.15, 0.2) is 0 Å². The Morgan fingerprint density at radius 1 is 1.65 bits per heavy atom.